The van der Waals surface area contributed by atoms with Gasteiger partial charge in [-0.15, -0.1) is 0 Å². The zero-order valence-corrected chi connectivity index (χ0v) is 12.5. The summed E-state index contributed by atoms with van der Waals surface area (Å²) in [5.41, 5.74) is 6.31. The lowest BCUT2D eigenvalue weighted by Gasteiger charge is -2.02. The Kier molecular flexibility index (Phi) is 5.29. The number of hydrogen-bond acceptors (Lipinski definition) is 6. The van der Waals surface area contributed by atoms with E-state index in [1.165, 1.54) is 0 Å². The molecule has 0 radical (unpaired) electrons. The van der Waals surface area contributed by atoms with Gasteiger partial charge in [-0.05, 0) is 35.9 Å². The number of rotatable bonds is 7. The normalized spacial score (nSPS) is 10.9. The number of anilines is 1. The molecule has 1 aromatic heterocycles. The zero-order valence-electron chi connectivity index (χ0n) is 11.7. The average Bonchev–Trinajstić information content (AvgIpc) is 2.86. The number of thioether (sulfide) groups is 1. The Morgan fingerprint density at radius 1 is 1.30 bits per heavy atom. The Balaban J connectivity index is 1.79. The Bertz CT molecular complexity index is 525. The molecule has 0 fully saturated rings. The predicted octanol–water partition coefficient (Wildman–Crippen LogP) is 3.12. The molecule has 0 aliphatic rings. The van der Waals surface area contributed by atoms with E-state index in [1.54, 1.807) is 23.9 Å². The van der Waals surface area contributed by atoms with Gasteiger partial charge < -0.3 is 15.0 Å². The highest BCUT2D eigenvalue weighted by Gasteiger charge is 2.07. The lowest BCUT2D eigenvalue weighted by atomic mass is 10.3. The van der Waals surface area contributed by atoms with E-state index in [4.69, 9.17) is 15.0 Å². The molecule has 0 aliphatic heterocycles. The summed E-state index contributed by atoms with van der Waals surface area (Å²) >= 11 is 1.80. The number of nitrogen functional groups attached to an aromatic ring is 1. The van der Waals surface area contributed by atoms with Crippen LogP contribution in [0, 0.1) is 5.92 Å². The van der Waals surface area contributed by atoms with Gasteiger partial charge in [-0.1, -0.05) is 19.0 Å². The molecule has 0 unspecified atom stereocenters. The van der Waals surface area contributed by atoms with Gasteiger partial charge in [0.05, 0.1) is 5.75 Å². The van der Waals surface area contributed by atoms with Crippen LogP contribution in [0.15, 0.2) is 28.8 Å². The minimum absolute atomic E-state index is 0.270. The minimum atomic E-state index is 0.270. The molecule has 0 amide bonds. The van der Waals surface area contributed by atoms with E-state index in [0.29, 0.717) is 23.3 Å². The van der Waals surface area contributed by atoms with Crippen LogP contribution in [0.1, 0.15) is 25.6 Å². The molecule has 108 valence electrons. The summed E-state index contributed by atoms with van der Waals surface area (Å²) in [6.45, 7) is 4.65. The van der Waals surface area contributed by atoms with Crippen LogP contribution in [-0.2, 0) is 12.4 Å². The van der Waals surface area contributed by atoms with Crippen molar-refractivity contribution in [1.29, 1.82) is 0 Å². The van der Waals surface area contributed by atoms with Gasteiger partial charge in [0.1, 0.15) is 5.75 Å². The van der Waals surface area contributed by atoms with Gasteiger partial charge in [-0.3, -0.25) is 0 Å². The van der Waals surface area contributed by atoms with Gasteiger partial charge in [0.2, 0.25) is 0 Å². The van der Waals surface area contributed by atoms with Gasteiger partial charge in [0.15, 0.2) is 12.4 Å². The second-order valence-electron chi connectivity index (χ2n) is 4.87. The molecule has 2 rings (SSSR count). The van der Waals surface area contributed by atoms with Crippen LogP contribution in [0.3, 0.4) is 0 Å². The highest BCUT2D eigenvalue weighted by Crippen LogP contribution is 2.16. The molecule has 20 heavy (non-hydrogen) atoms. The van der Waals surface area contributed by atoms with Gasteiger partial charge >= 0.3 is 0 Å². The van der Waals surface area contributed by atoms with Gasteiger partial charge in [-0.2, -0.15) is 16.7 Å². The lowest BCUT2D eigenvalue weighted by molar-refractivity contribution is 0.242. The first-order chi connectivity index (χ1) is 9.63. The van der Waals surface area contributed by atoms with Gasteiger partial charge in [0, 0.05) is 5.69 Å². The molecule has 0 atom stereocenters. The summed E-state index contributed by atoms with van der Waals surface area (Å²) in [4.78, 5) is 4.29. The van der Waals surface area contributed by atoms with Crippen LogP contribution >= 0.6 is 11.8 Å². The van der Waals surface area contributed by atoms with Crippen LogP contribution < -0.4 is 10.5 Å². The van der Waals surface area contributed by atoms with Crippen molar-refractivity contribution in [3.05, 3.63) is 36.0 Å². The summed E-state index contributed by atoms with van der Waals surface area (Å²) < 4.78 is 10.7. The topological polar surface area (TPSA) is 74.2 Å². The molecule has 5 nitrogen and oxygen atoms in total. The standard InChI is InChI=1S/C14H19N3O2S/c1-10(2)8-20-9-13-16-14(19-17-13)7-18-12-5-3-11(15)4-6-12/h3-6,10H,7-9,15H2,1-2H3. The van der Waals surface area contributed by atoms with Crippen molar-refractivity contribution in [2.45, 2.75) is 26.2 Å². The van der Waals surface area contributed by atoms with E-state index < -0.39 is 0 Å². The highest BCUT2D eigenvalue weighted by atomic mass is 32.2. The van der Waals surface area contributed by atoms with E-state index >= 15 is 0 Å². The van der Waals surface area contributed by atoms with E-state index in [0.717, 1.165) is 17.3 Å². The van der Waals surface area contributed by atoms with Crippen LogP contribution in [0.2, 0.25) is 0 Å². The van der Waals surface area contributed by atoms with Crippen LogP contribution in [0.5, 0.6) is 5.75 Å². The van der Waals surface area contributed by atoms with Crippen molar-refractivity contribution in [1.82, 2.24) is 10.1 Å². The molecular weight excluding hydrogens is 274 g/mol. The van der Waals surface area contributed by atoms with E-state index in [2.05, 4.69) is 24.0 Å². The second-order valence-corrected chi connectivity index (χ2v) is 5.90. The summed E-state index contributed by atoms with van der Waals surface area (Å²) in [6, 6.07) is 7.20. The summed E-state index contributed by atoms with van der Waals surface area (Å²) in [5, 5.41) is 3.93. The molecule has 0 saturated heterocycles. The number of aromatic nitrogens is 2. The van der Waals surface area contributed by atoms with Crippen molar-refractivity contribution < 1.29 is 9.26 Å². The Morgan fingerprint density at radius 2 is 2.05 bits per heavy atom. The molecule has 0 spiro atoms. The molecule has 2 aromatic rings. The maximum Gasteiger partial charge on any atom is 0.264 e. The third-order valence-corrected chi connectivity index (χ3v) is 3.80. The van der Waals surface area contributed by atoms with Crippen LogP contribution in [0.25, 0.3) is 0 Å². The van der Waals surface area contributed by atoms with Crippen molar-refractivity contribution in [3.63, 3.8) is 0 Å². The van der Waals surface area contributed by atoms with E-state index in [1.807, 2.05) is 12.1 Å². The summed E-state index contributed by atoms with van der Waals surface area (Å²) in [5.74, 6) is 4.46. The largest absolute Gasteiger partial charge is 0.484 e. The molecule has 2 N–H and O–H groups in total. The van der Waals surface area contributed by atoms with Crippen molar-refractivity contribution >= 4 is 17.4 Å². The third-order valence-electron chi connectivity index (χ3n) is 2.43. The molecule has 0 saturated carbocycles. The number of benzene rings is 1. The molecular formula is C14H19N3O2S. The fourth-order valence-corrected chi connectivity index (χ4v) is 2.39. The monoisotopic (exact) mass is 293 g/mol. The zero-order chi connectivity index (χ0) is 14.4. The molecule has 1 heterocycles. The maximum atomic E-state index is 5.61. The average molecular weight is 293 g/mol. The smallest absolute Gasteiger partial charge is 0.264 e. The van der Waals surface area contributed by atoms with Crippen LogP contribution in [0.4, 0.5) is 5.69 Å². The van der Waals surface area contributed by atoms with E-state index in [9.17, 15) is 0 Å². The number of nitrogens with two attached hydrogens (primary N) is 1. The first kappa shape index (κ1) is 14.7. The van der Waals surface area contributed by atoms with Crippen molar-refractivity contribution in [3.8, 4) is 5.75 Å². The fourth-order valence-electron chi connectivity index (χ4n) is 1.50. The Labute approximate surface area is 122 Å². The van der Waals surface area contributed by atoms with Crippen molar-refractivity contribution in [2.75, 3.05) is 11.5 Å². The fraction of sp³-hybridized carbons (Fsp3) is 0.429. The Hall–Kier alpha value is -1.69. The molecule has 0 bridgehead atoms. The molecule has 0 aliphatic carbocycles. The Morgan fingerprint density at radius 3 is 2.75 bits per heavy atom. The van der Waals surface area contributed by atoms with E-state index in [-0.39, 0.29) is 6.61 Å². The van der Waals surface area contributed by atoms with Crippen LogP contribution in [-0.4, -0.2) is 15.9 Å². The molecule has 1 aromatic carbocycles. The first-order valence-electron chi connectivity index (χ1n) is 6.51. The quantitative estimate of drug-likeness (QED) is 0.791. The third kappa shape index (κ3) is 4.77. The number of ether oxygens (including phenoxy) is 1. The van der Waals surface area contributed by atoms with Crippen molar-refractivity contribution in [2.24, 2.45) is 5.92 Å². The SMILES string of the molecule is CC(C)CSCc1noc(COc2ccc(N)cc2)n1. The number of hydrogen-bond donors (Lipinski definition) is 1. The predicted molar refractivity (Wildman–Crippen MR) is 80.5 cm³/mol. The summed E-state index contributed by atoms with van der Waals surface area (Å²) in [7, 11) is 0. The maximum absolute atomic E-state index is 5.61. The lowest BCUT2D eigenvalue weighted by Crippen LogP contribution is -1.97. The second kappa shape index (κ2) is 7.19. The minimum Gasteiger partial charge on any atom is -0.484 e. The number of nitrogens with zero attached hydrogens (tertiary/aromatic N) is 2. The summed E-state index contributed by atoms with van der Waals surface area (Å²) in [6.07, 6.45) is 0. The highest BCUT2D eigenvalue weighted by molar-refractivity contribution is 7.98. The molecule has 6 heteroatoms. The van der Waals surface area contributed by atoms with Gasteiger partial charge in [0.25, 0.3) is 5.89 Å². The van der Waals surface area contributed by atoms with Gasteiger partial charge in [-0.25, -0.2) is 0 Å². The first-order valence-corrected chi connectivity index (χ1v) is 7.66.